The molecule has 2 aromatic carbocycles. The lowest BCUT2D eigenvalue weighted by Crippen LogP contribution is -2.19. The topological polar surface area (TPSA) is 102 Å². The van der Waals surface area contributed by atoms with E-state index < -0.39 is 0 Å². The van der Waals surface area contributed by atoms with E-state index >= 15 is 0 Å². The molecular formula is C19H16ClN5O3. The molecule has 0 radical (unpaired) electrons. The monoisotopic (exact) mass is 397 g/mol. The fraction of sp³-hybridized carbons (Fsp3) is 0.158. The zero-order valence-electron chi connectivity index (χ0n) is 14.9. The minimum atomic E-state index is -0.380. The van der Waals surface area contributed by atoms with Gasteiger partial charge in [-0.15, -0.1) is 10.2 Å². The zero-order valence-corrected chi connectivity index (χ0v) is 15.7. The molecule has 0 aliphatic rings. The molecule has 3 rings (SSSR count). The van der Waals surface area contributed by atoms with E-state index in [1.165, 1.54) is 10.9 Å². The zero-order chi connectivity index (χ0) is 19.9. The van der Waals surface area contributed by atoms with Crippen molar-refractivity contribution in [1.82, 2.24) is 14.8 Å². The van der Waals surface area contributed by atoms with Crippen molar-refractivity contribution in [3.63, 3.8) is 0 Å². The number of aromatic nitrogens is 3. The third kappa shape index (κ3) is 4.78. The number of hydrogen-bond donors (Lipinski definition) is 1. The largest absolute Gasteiger partial charge is 0.494 e. The Labute approximate surface area is 166 Å². The summed E-state index contributed by atoms with van der Waals surface area (Å²) in [6.07, 6.45) is 1.31. The van der Waals surface area contributed by atoms with Crippen LogP contribution in [0.3, 0.4) is 0 Å². The van der Waals surface area contributed by atoms with Gasteiger partial charge in [0.1, 0.15) is 30.4 Å². The van der Waals surface area contributed by atoms with E-state index in [9.17, 15) is 4.79 Å². The number of amides is 1. The molecule has 9 heteroatoms. The van der Waals surface area contributed by atoms with E-state index in [0.717, 1.165) is 5.75 Å². The molecule has 28 heavy (non-hydrogen) atoms. The van der Waals surface area contributed by atoms with Crippen molar-refractivity contribution in [2.45, 2.75) is 13.5 Å². The molecule has 0 aliphatic carbocycles. The molecule has 0 unspecified atom stereocenters. The molecule has 0 aliphatic heterocycles. The highest BCUT2D eigenvalue weighted by atomic mass is 35.5. The van der Waals surface area contributed by atoms with Crippen molar-refractivity contribution in [2.24, 2.45) is 0 Å². The smallest absolute Gasteiger partial charge is 0.244 e. The Morgan fingerprint density at radius 2 is 2.00 bits per heavy atom. The van der Waals surface area contributed by atoms with Crippen molar-refractivity contribution < 1.29 is 14.3 Å². The van der Waals surface area contributed by atoms with Crippen LogP contribution in [-0.2, 0) is 11.3 Å². The van der Waals surface area contributed by atoms with Gasteiger partial charge in [-0.1, -0.05) is 11.6 Å². The van der Waals surface area contributed by atoms with Crippen LogP contribution in [0.2, 0.25) is 5.02 Å². The van der Waals surface area contributed by atoms with Gasteiger partial charge in [0, 0.05) is 5.02 Å². The Kier molecular flexibility index (Phi) is 6.09. The Hall–Kier alpha value is -3.57. The van der Waals surface area contributed by atoms with Crippen LogP contribution in [0.5, 0.6) is 17.2 Å². The van der Waals surface area contributed by atoms with E-state index in [-0.39, 0.29) is 18.3 Å². The van der Waals surface area contributed by atoms with Crippen LogP contribution in [0, 0.1) is 11.3 Å². The van der Waals surface area contributed by atoms with Gasteiger partial charge in [-0.2, -0.15) is 5.26 Å². The van der Waals surface area contributed by atoms with Crippen LogP contribution >= 0.6 is 11.6 Å². The third-order valence-corrected chi connectivity index (χ3v) is 3.84. The van der Waals surface area contributed by atoms with E-state index in [0.29, 0.717) is 28.8 Å². The average Bonchev–Trinajstić information content (AvgIpc) is 3.12. The number of nitriles is 1. The summed E-state index contributed by atoms with van der Waals surface area (Å²) in [6, 6.07) is 13.9. The summed E-state index contributed by atoms with van der Waals surface area (Å²) < 4.78 is 12.6. The number of nitrogens with one attached hydrogen (secondary N) is 1. The van der Waals surface area contributed by atoms with Crippen LogP contribution in [0.1, 0.15) is 12.7 Å². The van der Waals surface area contributed by atoms with Gasteiger partial charge in [0.05, 0.1) is 12.3 Å². The number of carbonyl (C=O) groups is 1. The van der Waals surface area contributed by atoms with E-state index in [4.69, 9.17) is 26.3 Å². The Bertz CT molecular complexity index is 1010. The lowest BCUT2D eigenvalue weighted by molar-refractivity contribution is -0.116. The number of ether oxygens (including phenoxy) is 2. The molecular weight excluding hydrogens is 382 g/mol. The highest BCUT2D eigenvalue weighted by molar-refractivity contribution is 6.31. The number of halogens is 1. The van der Waals surface area contributed by atoms with Crippen molar-refractivity contribution in [1.29, 1.82) is 5.26 Å². The van der Waals surface area contributed by atoms with E-state index in [2.05, 4.69) is 15.5 Å². The van der Waals surface area contributed by atoms with Crippen LogP contribution < -0.4 is 14.8 Å². The summed E-state index contributed by atoms with van der Waals surface area (Å²) in [5.74, 6) is 1.40. The number of rotatable bonds is 7. The van der Waals surface area contributed by atoms with E-state index in [1.807, 2.05) is 13.0 Å². The van der Waals surface area contributed by atoms with Crippen molar-refractivity contribution >= 4 is 23.2 Å². The predicted molar refractivity (Wildman–Crippen MR) is 103 cm³/mol. The van der Waals surface area contributed by atoms with Gasteiger partial charge in [0.25, 0.3) is 0 Å². The Balaban J connectivity index is 1.75. The van der Waals surface area contributed by atoms with Crippen molar-refractivity contribution in [2.75, 3.05) is 11.9 Å². The molecule has 1 amide bonds. The number of nitrogens with zero attached hydrogens (tertiary/aromatic N) is 4. The summed E-state index contributed by atoms with van der Waals surface area (Å²) in [6.45, 7) is 2.37. The summed E-state index contributed by atoms with van der Waals surface area (Å²) in [4.78, 5) is 12.4. The first-order chi connectivity index (χ1) is 13.6. The van der Waals surface area contributed by atoms with Crippen LogP contribution in [-0.4, -0.2) is 27.3 Å². The number of hydrogen-bond acceptors (Lipinski definition) is 6. The van der Waals surface area contributed by atoms with Gasteiger partial charge in [0.15, 0.2) is 5.75 Å². The minimum absolute atomic E-state index is 0.0482. The number of benzene rings is 2. The fourth-order valence-corrected chi connectivity index (χ4v) is 2.56. The highest BCUT2D eigenvalue weighted by Gasteiger charge is 2.13. The molecule has 0 saturated heterocycles. The van der Waals surface area contributed by atoms with Gasteiger partial charge < -0.3 is 14.8 Å². The maximum atomic E-state index is 12.4. The van der Waals surface area contributed by atoms with Crippen molar-refractivity contribution in [3.8, 4) is 23.3 Å². The van der Waals surface area contributed by atoms with Crippen molar-refractivity contribution in [3.05, 3.63) is 59.6 Å². The lowest BCUT2D eigenvalue weighted by Gasteiger charge is -2.13. The van der Waals surface area contributed by atoms with E-state index in [1.54, 1.807) is 42.5 Å². The number of anilines is 1. The molecule has 3 aromatic rings. The summed E-state index contributed by atoms with van der Waals surface area (Å²) >= 11 is 6.06. The van der Waals surface area contributed by atoms with Gasteiger partial charge in [-0.05, 0) is 49.4 Å². The maximum Gasteiger partial charge on any atom is 0.244 e. The standard InChI is InChI=1S/C19H16ClN5O3/c1-2-27-14-4-6-15(7-5-14)28-17-8-3-13(20)9-16(17)23-19(26)11-25-12-22-24-18(25)10-21/h3-9,12H,2,11H2,1H3,(H,23,26). The Morgan fingerprint density at radius 1 is 1.25 bits per heavy atom. The molecule has 0 fully saturated rings. The second-order valence-corrected chi connectivity index (χ2v) is 6.03. The summed E-state index contributed by atoms with van der Waals surface area (Å²) in [5, 5.41) is 19.4. The molecule has 0 atom stereocenters. The molecule has 8 nitrogen and oxygen atoms in total. The number of carbonyl (C=O) groups excluding carboxylic acids is 1. The van der Waals surface area contributed by atoms with Gasteiger partial charge in [-0.25, -0.2) is 0 Å². The maximum absolute atomic E-state index is 12.4. The lowest BCUT2D eigenvalue weighted by atomic mass is 10.2. The van der Waals surface area contributed by atoms with Crippen LogP contribution in [0.25, 0.3) is 0 Å². The quantitative estimate of drug-likeness (QED) is 0.653. The second kappa shape index (κ2) is 8.88. The van der Waals surface area contributed by atoms with Crippen LogP contribution in [0.4, 0.5) is 5.69 Å². The molecule has 1 heterocycles. The first-order valence-corrected chi connectivity index (χ1v) is 8.75. The molecule has 0 bridgehead atoms. The summed E-state index contributed by atoms with van der Waals surface area (Å²) in [5.41, 5.74) is 0.401. The minimum Gasteiger partial charge on any atom is -0.494 e. The molecule has 0 saturated carbocycles. The van der Waals surface area contributed by atoms with Gasteiger partial charge in [-0.3, -0.25) is 9.36 Å². The molecule has 1 aromatic heterocycles. The molecule has 0 spiro atoms. The van der Waals surface area contributed by atoms with Gasteiger partial charge in [0.2, 0.25) is 11.7 Å². The average molecular weight is 398 g/mol. The fourth-order valence-electron chi connectivity index (χ4n) is 2.39. The first-order valence-electron chi connectivity index (χ1n) is 8.37. The Morgan fingerprint density at radius 3 is 2.71 bits per heavy atom. The highest BCUT2D eigenvalue weighted by Crippen LogP contribution is 2.32. The SMILES string of the molecule is CCOc1ccc(Oc2ccc(Cl)cc2NC(=O)Cn2cnnc2C#N)cc1. The second-order valence-electron chi connectivity index (χ2n) is 5.59. The normalized spacial score (nSPS) is 10.2. The van der Waals surface area contributed by atoms with Gasteiger partial charge >= 0.3 is 0 Å². The molecule has 142 valence electrons. The third-order valence-electron chi connectivity index (χ3n) is 3.61. The predicted octanol–water partition coefficient (Wildman–Crippen LogP) is 3.63. The first kappa shape index (κ1) is 19.2. The summed E-state index contributed by atoms with van der Waals surface area (Å²) in [7, 11) is 0. The molecule has 1 N–H and O–H groups in total. The van der Waals surface area contributed by atoms with Crippen LogP contribution in [0.15, 0.2) is 48.8 Å².